The van der Waals surface area contributed by atoms with E-state index < -0.39 is 24.3 Å². The zero-order valence-electron chi connectivity index (χ0n) is 20.0. The zero-order chi connectivity index (χ0) is 27.8. The summed E-state index contributed by atoms with van der Waals surface area (Å²) in [6, 6.07) is 5.03. The van der Waals surface area contributed by atoms with Gasteiger partial charge in [0.05, 0.1) is 12.2 Å². The molecule has 0 spiro atoms. The van der Waals surface area contributed by atoms with Gasteiger partial charge in [0, 0.05) is 48.2 Å². The topological polar surface area (TPSA) is 98.9 Å². The minimum Gasteiger partial charge on any atom is -0.475 e. The third-order valence-electron chi connectivity index (χ3n) is 4.98. The molecule has 1 aliphatic rings. The first-order chi connectivity index (χ1) is 16.4. The minimum atomic E-state index is -5.08. The molecule has 0 unspecified atom stereocenters. The number of alkyl halides is 6. The van der Waals surface area contributed by atoms with Crippen molar-refractivity contribution < 1.29 is 46.1 Å². The molecule has 0 radical (unpaired) electrons. The Hall–Kier alpha value is -2.65. The van der Waals surface area contributed by atoms with E-state index in [2.05, 4.69) is 65.5 Å². The van der Waals surface area contributed by atoms with Crippen LogP contribution in [0, 0.1) is 6.92 Å². The fourth-order valence-electron chi connectivity index (χ4n) is 2.86. The van der Waals surface area contributed by atoms with Crippen molar-refractivity contribution in [1.29, 1.82) is 0 Å². The summed E-state index contributed by atoms with van der Waals surface area (Å²) in [5.41, 5.74) is 1.35. The first-order valence-corrected chi connectivity index (χ1v) is 11.3. The number of rotatable bonds is 5. The summed E-state index contributed by atoms with van der Waals surface area (Å²) in [5.74, 6) is -4.30. The summed E-state index contributed by atoms with van der Waals surface area (Å²) < 4.78 is 65.9. The van der Waals surface area contributed by atoms with E-state index in [1.54, 1.807) is 0 Å². The number of hydrogen-bond donors (Lipinski definition) is 2. The lowest BCUT2D eigenvalue weighted by Crippen LogP contribution is -2.35. The molecule has 1 aliphatic heterocycles. The van der Waals surface area contributed by atoms with Gasteiger partial charge in [-0.15, -0.1) is 11.3 Å². The van der Waals surface area contributed by atoms with Gasteiger partial charge in [-0.3, -0.25) is 9.80 Å². The maximum absolute atomic E-state index is 10.6. The van der Waals surface area contributed by atoms with E-state index in [1.165, 1.54) is 21.3 Å². The predicted molar refractivity (Wildman–Crippen MR) is 119 cm³/mol. The Morgan fingerprint density at radius 1 is 1.08 bits per heavy atom. The van der Waals surface area contributed by atoms with E-state index in [9.17, 15) is 26.3 Å². The summed E-state index contributed by atoms with van der Waals surface area (Å²) >= 11 is 1.90. The number of hydrogen-bond acceptors (Lipinski definition) is 6. The fraction of sp³-hybridized carbons (Fsp3) is 0.571. The van der Waals surface area contributed by atoms with Gasteiger partial charge in [-0.2, -0.15) is 26.3 Å². The number of aromatic nitrogens is 2. The normalized spacial score (nSPS) is 14.0. The van der Waals surface area contributed by atoms with Crippen molar-refractivity contribution >= 4 is 23.3 Å². The van der Waals surface area contributed by atoms with Crippen LogP contribution >= 0.6 is 11.3 Å². The Morgan fingerprint density at radius 2 is 1.61 bits per heavy atom. The number of aryl methyl sites for hydroxylation is 1. The number of carboxylic acids is 2. The van der Waals surface area contributed by atoms with Crippen molar-refractivity contribution in [2.75, 3.05) is 13.6 Å². The molecule has 2 aromatic rings. The summed E-state index contributed by atoms with van der Waals surface area (Å²) in [6.45, 7) is 11.8. The Labute approximate surface area is 207 Å². The lowest BCUT2D eigenvalue weighted by Gasteiger charge is -2.29. The highest BCUT2D eigenvalue weighted by atomic mass is 32.1. The van der Waals surface area contributed by atoms with Crippen molar-refractivity contribution in [3.63, 3.8) is 0 Å². The standard InChI is InChI=1S/C17H26N4S.2C2HF3O2/c1-13(2)19(4)10-15-9-18-17-12-20(7-8-21(15)17)11-16-6-5-14(3)22-16;2*3-2(4,5)1(6)7/h5-6,9,13H,7-8,10-12H2,1-4H3;2*(H,6,7). The average molecular weight is 547 g/mol. The molecule has 0 saturated heterocycles. The van der Waals surface area contributed by atoms with Crippen molar-refractivity contribution in [3.05, 3.63) is 39.6 Å². The number of aliphatic carboxylic acids is 2. The Kier molecular flexibility index (Phi) is 11.4. The molecule has 8 nitrogen and oxygen atoms in total. The summed E-state index contributed by atoms with van der Waals surface area (Å²) in [5, 5.41) is 14.2. The van der Waals surface area contributed by atoms with E-state index >= 15 is 0 Å². The second kappa shape index (κ2) is 13.1. The molecule has 0 fully saturated rings. The van der Waals surface area contributed by atoms with Crippen LogP contribution in [0.1, 0.15) is 35.1 Å². The molecule has 0 atom stereocenters. The molecule has 0 saturated carbocycles. The molecular weight excluding hydrogens is 518 g/mol. The highest BCUT2D eigenvalue weighted by molar-refractivity contribution is 7.11. The van der Waals surface area contributed by atoms with Crippen molar-refractivity contribution in [2.45, 2.75) is 65.3 Å². The first-order valence-electron chi connectivity index (χ1n) is 10.5. The van der Waals surface area contributed by atoms with Crippen LogP contribution in [0.3, 0.4) is 0 Å². The van der Waals surface area contributed by atoms with E-state index in [4.69, 9.17) is 19.8 Å². The maximum Gasteiger partial charge on any atom is 0.490 e. The van der Waals surface area contributed by atoms with Gasteiger partial charge in [0.1, 0.15) is 5.82 Å². The van der Waals surface area contributed by atoms with E-state index in [0.29, 0.717) is 6.04 Å². The van der Waals surface area contributed by atoms with Crippen LogP contribution in [-0.2, 0) is 35.8 Å². The van der Waals surface area contributed by atoms with Crippen LogP contribution < -0.4 is 0 Å². The minimum absolute atomic E-state index is 0.563. The van der Waals surface area contributed by atoms with Gasteiger partial charge in [-0.25, -0.2) is 14.6 Å². The van der Waals surface area contributed by atoms with Gasteiger partial charge >= 0.3 is 24.3 Å². The molecule has 15 heteroatoms. The largest absolute Gasteiger partial charge is 0.490 e. The molecule has 0 bridgehead atoms. The van der Waals surface area contributed by atoms with Crippen LogP contribution in [0.25, 0.3) is 0 Å². The molecule has 0 amide bonds. The van der Waals surface area contributed by atoms with Gasteiger partial charge < -0.3 is 14.8 Å². The highest BCUT2D eigenvalue weighted by Gasteiger charge is 2.38. The van der Waals surface area contributed by atoms with Crippen LogP contribution in [-0.4, -0.2) is 73.5 Å². The lowest BCUT2D eigenvalue weighted by molar-refractivity contribution is -0.193. The summed E-state index contributed by atoms with van der Waals surface area (Å²) in [4.78, 5) is 30.2. The molecule has 3 heterocycles. The average Bonchev–Trinajstić information content (AvgIpc) is 3.33. The molecule has 0 aliphatic carbocycles. The van der Waals surface area contributed by atoms with Crippen molar-refractivity contribution in [1.82, 2.24) is 19.4 Å². The third-order valence-corrected chi connectivity index (χ3v) is 5.96. The van der Waals surface area contributed by atoms with Crippen LogP contribution in [0.4, 0.5) is 26.3 Å². The number of nitrogens with zero attached hydrogens (tertiary/aromatic N) is 4. The van der Waals surface area contributed by atoms with Crippen LogP contribution in [0.2, 0.25) is 0 Å². The molecule has 36 heavy (non-hydrogen) atoms. The Morgan fingerprint density at radius 3 is 2.03 bits per heavy atom. The van der Waals surface area contributed by atoms with Gasteiger partial charge in [0.15, 0.2) is 0 Å². The van der Waals surface area contributed by atoms with Gasteiger partial charge in [-0.05, 0) is 40.0 Å². The van der Waals surface area contributed by atoms with E-state index in [1.807, 2.05) is 11.3 Å². The quantitative estimate of drug-likeness (QED) is 0.538. The summed E-state index contributed by atoms with van der Waals surface area (Å²) in [7, 11) is 2.18. The smallest absolute Gasteiger partial charge is 0.475 e. The number of carbonyl (C=O) groups is 2. The molecular formula is C21H28F6N4O4S. The number of thiophene rings is 1. The van der Waals surface area contributed by atoms with Crippen LogP contribution in [0.5, 0.6) is 0 Å². The summed E-state index contributed by atoms with van der Waals surface area (Å²) in [6.07, 6.45) is -8.10. The predicted octanol–water partition coefficient (Wildman–Crippen LogP) is 4.38. The fourth-order valence-corrected chi connectivity index (χ4v) is 3.80. The highest BCUT2D eigenvalue weighted by Crippen LogP contribution is 2.21. The van der Waals surface area contributed by atoms with E-state index in [-0.39, 0.29) is 0 Å². The monoisotopic (exact) mass is 546 g/mol. The SMILES string of the molecule is Cc1ccc(CN2CCn3c(CN(C)C(C)C)cnc3C2)s1.O=C(O)C(F)(F)F.O=C(O)C(F)(F)F. The number of imidazole rings is 1. The van der Waals surface area contributed by atoms with Gasteiger partial charge in [-0.1, -0.05) is 0 Å². The molecule has 3 rings (SSSR count). The first kappa shape index (κ1) is 31.4. The Bertz CT molecular complexity index is 979. The van der Waals surface area contributed by atoms with E-state index in [0.717, 1.165) is 32.7 Å². The second-order valence-electron chi connectivity index (χ2n) is 8.16. The zero-order valence-corrected chi connectivity index (χ0v) is 20.8. The second-order valence-corrected chi connectivity index (χ2v) is 9.53. The molecule has 2 N–H and O–H groups in total. The third kappa shape index (κ3) is 10.5. The maximum atomic E-state index is 10.6. The Balaban J connectivity index is 0.000000383. The lowest BCUT2D eigenvalue weighted by atomic mass is 10.3. The number of fused-ring (bicyclic) bond motifs is 1. The molecule has 204 valence electrons. The van der Waals surface area contributed by atoms with Crippen molar-refractivity contribution in [3.8, 4) is 0 Å². The molecule has 2 aromatic heterocycles. The van der Waals surface area contributed by atoms with Crippen LogP contribution in [0.15, 0.2) is 18.3 Å². The molecule has 0 aromatic carbocycles. The van der Waals surface area contributed by atoms with Crippen molar-refractivity contribution in [2.24, 2.45) is 0 Å². The number of halogens is 6. The van der Waals surface area contributed by atoms with Gasteiger partial charge in [0.2, 0.25) is 0 Å². The van der Waals surface area contributed by atoms with Gasteiger partial charge in [0.25, 0.3) is 0 Å². The number of carboxylic acid groups (broad SMARTS) is 2.